The highest BCUT2D eigenvalue weighted by Gasteiger charge is 2.15. The molecule has 1 N–H and O–H groups in total. The van der Waals surface area contributed by atoms with Crippen LogP contribution in [0.1, 0.15) is 24.8 Å². The van der Waals surface area contributed by atoms with Crippen LogP contribution in [-0.4, -0.2) is 22.5 Å². The van der Waals surface area contributed by atoms with Crippen molar-refractivity contribution in [3.8, 4) is 5.75 Å². The molecule has 1 aliphatic heterocycles. The highest BCUT2D eigenvalue weighted by atomic mass is 35.5. The summed E-state index contributed by atoms with van der Waals surface area (Å²) in [7, 11) is -1.17. The number of carbonyl (C=O) groups excluding carboxylic acids is 1. The topological polar surface area (TPSA) is 55.4 Å². The molecule has 1 amide bonds. The van der Waals surface area contributed by atoms with Crippen LogP contribution in [0.3, 0.4) is 0 Å². The second kappa shape index (κ2) is 8.89. The zero-order chi connectivity index (χ0) is 18.5. The molecule has 7 heteroatoms. The first-order chi connectivity index (χ1) is 12.5. The molecular weight excluding hydrogens is 393 g/mol. The van der Waals surface area contributed by atoms with Crippen molar-refractivity contribution in [3.63, 3.8) is 0 Å². The number of carbonyl (C=O) groups is 1. The van der Waals surface area contributed by atoms with Gasteiger partial charge in [-0.25, -0.2) is 0 Å². The largest absolute Gasteiger partial charge is 0.494 e. The highest BCUT2D eigenvalue weighted by molar-refractivity contribution is 7.85. The Bertz CT molecular complexity index is 842. The van der Waals surface area contributed by atoms with Gasteiger partial charge in [0.2, 0.25) is 5.91 Å². The summed E-state index contributed by atoms with van der Waals surface area (Å²) in [6, 6.07) is 10.9. The molecule has 26 heavy (non-hydrogen) atoms. The van der Waals surface area contributed by atoms with Gasteiger partial charge in [0.05, 0.1) is 32.3 Å². The molecule has 138 valence electrons. The van der Waals surface area contributed by atoms with E-state index in [1.165, 1.54) is 0 Å². The predicted octanol–water partition coefficient (Wildman–Crippen LogP) is 4.84. The third-order valence-corrected chi connectivity index (χ3v) is 6.55. The first-order valence-corrected chi connectivity index (χ1v) is 10.5. The molecule has 1 unspecified atom stereocenters. The summed E-state index contributed by atoms with van der Waals surface area (Å²) in [5.74, 6) is 1.36. The molecule has 2 aromatic carbocycles. The van der Waals surface area contributed by atoms with Gasteiger partial charge in [-0.1, -0.05) is 29.3 Å². The molecule has 0 spiro atoms. The van der Waals surface area contributed by atoms with Gasteiger partial charge >= 0.3 is 0 Å². The third kappa shape index (κ3) is 4.78. The molecule has 0 aromatic heterocycles. The van der Waals surface area contributed by atoms with Gasteiger partial charge in [0.1, 0.15) is 5.75 Å². The number of fused-ring (bicyclic) bond motifs is 1. The number of halogens is 2. The van der Waals surface area contributed by atoms with E-state index in [2.05, 4.69) is 5.32 Å². The number of rotatable bonds is 7. The van der Waals surface area contributed by atoms with E-state index in [1.54, 1.807) is 18.2 Å². The van der Waals surface area contributed by atoms with Gasteiger partial charge in [-0.15, -0.1) is 0 Å². The molecular formula is C19H19Cl2NO3S. The zero-order valence-corrected chi connectivity index (χ0v) is 16.4. The van der Waals surface area contributed by atoms with Gasteiger partial charge in [-0.3, -0.25) is 9.00 Å². The molecule has 0 saturated carbocycles. The third-order valence-electron chi connectivity index (χ3n) is 4.13. The van der Waals surface area contributed by atoms with Crippen LogP contribution >= 0.6 is 23.2 Å². The van der Waals surface area contributed by atoms with Crippen LogP contribution < -0.4 is 10.1 Å². The Hall–Kier alpha value is -1.56. The van der Waals surface area contributed by atoms with E-state index in [4.69, 9.17) is 27.9 Å². The lowest BCUT2D eigenvalue weighted by atomic mass is 10.0. The van der Waals surface area contributed by atoms with Crippen LogP contribution in [0, 0.1) is 0 Å². The number of nitrogens with one attached hydrogen (secondary N) is 1. The lowest BCUT2D eigenvalue weighted by Gasteiger charge is -2.17. The number of hydrogen-bond donors (Lipinski definition) is 1. The Balaban J connectivity index is 1.44. The molecule has 0 bridgehead atoms. The Morgan fingerprint density at radius 3 is 2.81 bits per heavy atom. The fraction of sp³-hybridized carbons (Fsp3) is 0.316. The number of benzene rings is 2. The predicted molar refractivity (Wildman–Crippen MR) is 106 cm³/mol. The average Bonchev–Trinajstić information content (AvgIpc) is 2.63. The van der Waals surface area contributed by atoms with E-state index in [-0.39, 0.29) is 5.91 Å². The molecule has 0 radical (unpaired) electrons. The average molecular weight is 412 g/mol. The lowest BCUT2D eigenvalue weighted by molar-refractivity contribution is -0.116. The van der Waals surface area contributed by atoms with Crippen molar-refractivity contribution in [2.45, 2.75) is 30.6 Å². The van der Waals surface area contributed by atoms with Crippen molar-refractivity contribution < 1.29 is 13.7 Å². The van der Waals surface area contributed by atoms with Crippen LogP contribution in [-0.2, 0) is 22.0 Å². The van der Waals surface area contributed by atoms with Crippen LogP contribution in [0.5, 0.6) is 5.75 Å². The fourth-order valence-electron chi connectivity index (χ4n) is 2.74. The second-order valence-electron chi connectivity index (χ2n) is 6.02. The van der Waals surface area contributed by atoms with Crippen LogP contribution in [0.4, 0.5) is 5.69 Å². The van der Waals surface area contributed by atoms with Gasteiger partial charge in [0.25, 0.3) is 0 Å². The first kappa shape index (κ1) is 19.2. The van der Waals surface area contributed by atoms with Gasteiger partial charge in [-0.05, 0) is 55.2 Å². The maximum absolute atomic E-state index is 12.3. The van der Waals surface area contributed by atoms with Crippen molar-refractivity contribution in [1.29, 1.82) is 0 Å². The molecule has 0 fully saturated rings. The van der Waals surface area contributed by atoms with Gasteiger partial charge in [0, 0.05) is 17.9 Å². The van der Waals surface area contributed by atoms with Crippen molar-refractivity contribution >= 4 is 45.6 Å². The summed E-state index contributed by atoms with van der Waals surface area (Å²) in [5.41, 5.74) is 1.96. The minimum absolute atomic E-state index is 0.0546. The first-order valence-electron chi connectivity index (χ1n) is 8.42. The molecule has 0 saturated heterocycles. The Morgan fingerprint density at radius 1 is 1.12 bits per heavy atom. The van der Waals surface area contributed by atoms with E-state index in [1.807, 2.05) is 18.2 Å². The maximum Gasteiger partial charge on any atom is 0.224 e. The van der Waals surface area contributed by atoms with Crippen molar-refractivity contribution in [3.05, 3.63) is 52.0 Å². The number of hydrogen-bond acceptors (Lipinski definition) is 3. The Morgan fingerprint density at radius 2 is 1.96 bits per heavy atom. The minimum atomic E-state index is -1.17. The lowest BCUT2D eigenvalue weighted by Crippen LogP contribution is -2.18. The van der Waals surface area contributed by atoms with E-state index in [0.717, 1.165) is 36.3 Å². The summed E-state index contributed by atoms with van der Waals surface area (Å²) in [6.45, 7) is 0.547. The van der Waals surface area contributed by atoms with Crippen LogP contribution in [0.25, 0.3) is 0 Å². The quantitative estimate of drug-likeness (QED) is 0.662. The molecule has 3 rings (SSSR count). The standard InChI is InChI=1S/C19H19Cl2NO3S/c20-15-4-3-5-17(19(15)21)26(24)11-2-1-10-25-14-7-8-16-13(12-14)6-9-18(23)22-16/h3-5,7-8,12H,1-2,6,9-11H2,(H,22,23). The molecule has 4 nitrogen and oxygen atoms in total. The fourth-order valence-corrected chi connectivity index (χ4v) is 4.59. The normalized spacial score (nSPS) is 14.5. The maximum atomic E-state index is 12.3. The smallest absolute Gasteiger partial charge is 0.224 e. The molecule has 1 heterocycles. The van der Waals surface area contributed by atoms with E-state index in [0.29, 0.717) is 33.7 Å². The molecule has 2 aromatic rings. The van der Waals surface area contributed by atoms with E-state index < -0.39 is 10.8 Å². The summed E-state index contributed by atoms with van der Waals surface area (Å²) in [6.07, 6.45) is 2.79. The Kier molecular flexibility index (Phi) is 6.57. The molecule has 0 aliphatic carbocycles. The van der Waals surface area contributed by atoms with Gasteiger partial charge < -0.3 is 10.1 Å². The monoisotopic (exact) mass is 411 g/mol. The summed E-state index contributed by atoms with van der Waals surface area (Å²) in [5, 5.41) is 3.64. The van der Waals surface area contributed by atoms with E-state index >= 15 is 0 Å². The van der Waals surface area contributed by atoms with Crippen LogP contribution in [0.15, 0.2) is 41.3 Å². The minimum Gasteiger partial charge on any atom is -0.494 e. The second-order valence-corrected chi connectivity index (χ2v) is 8.35. The van der Waals surface area contributed by atoms with Crippen molar-refractivity contribution in [2.75, 3.05) is 17.7 Å². The zero-order valence-electron chi connectivity index (χ0n) is 14.1. The van der Waals surface area contributed by atoms with Gasteiger partial charge in [-0.2, -0.15) is 0 Å². The number of unbranched alkanes of at least 4 members (excludes halogenated alkanes) is 1. The number of aryl methyl sites for hydroxylation is 1. The highest BCUT2D eigenvalue weighted by Crippen LogP contribution is 2.29. The summed E-state index contributed by atoms with van der Waals surface area (Å²) >= 11 is 12.1. The number of ether oxygens (including phenoxy) is 1. The summed E-state index contributed by atoms with van der Waals surface area (Å²) < 4.78 is 18.1. The molecule has 1 aliphatic rings. The van der Waals surface area contributed by atoms with E-state index in [9.17, 15) is 9.00 Å². The van der Waals surface area contributed by atoms with Gasteiger partial charge in [0.15, 0.2) is 0 Å². The Labute approximate surface area is 165 Å². The van der Waals surface area contributed by atoms with Crippen molar-refractivity contribution in [1.82, 2.24) is 0 Å². The van der Waals surface area contributed by atoms with Crippen LogP contribution in [0.2, 0.25) is 10.0 Å². The summed E-state index contributed by atoms with van der Waals surface area (Å²) in [4.78, 5) is 11.9. The SMILES string of the molecule is O=C1CCc2cc(OCCCCS(=O)c3cccc(Cl)c3Cl)ccc2N1. The number of anilines is 1. The number of amides is 1. The van der Waals surface area contributed by atoms with Crippen molar-refractivity contribution in [2.24, 2.45) is 0 Å². The molecule has 1 atom stereocenters.